The quantitative estimate of drug-likeness (QED) is 0.603. The van der Waals surface area contributed by atoms with E-state index in [-0.39, 0.29) is 0 Å². The van der Waals surface area contributed by atoms with E-state index in [2.05, 4.69) is 15.9 Å². The van der Waals surface area contributed by atoms with Crippen LogP contribution in [0.5, 0.6) is 0 Å². The first-order valence-corrected chi connectivity index (χ1v) is 2.83. The predicted octanol–water partition coefficient (Wildman–Crippen LogP) is 1.85. The van der Waals surface area contributed by atoms with Crippen molar-refractivity contribution in [3.8, 4) is 0 Å². The molecule has 3 heteroatoms. The molecule has 2 nitrogen and oxygen atoms in total. The number of halogens is 1. The normalized spacial score (nSPS) is 9.12. The van der Waals surface area contributed by atoms with E-state index in [0.717, 1.165) is 0 Å². The Morgan fingerprint density at radius 2 is 2.38 bits per heavy atom. The maximum absolute atomic E-state index is 9.91. The molecule has 0 atom stereocenters. The smallest absolute Gasteiger partial charge is 0.185 e. The van der Waals surface area contributed by atoms with E-state index < -0.39 is 0 Å². The van der Waals surface area contributed by atoms with Crippen LogP contribution in [-0.2, 0) is 0 Å². The fraction of sp³-hybridized carbons (Fsp3) is 0. The number of rotatable bonds is 1. The van der Waals surface area contributed by atoms with Crippen LogP contribution in [0.25, 0.3) is 0 Å². The highest BCUT2D eigenvalue weighted by atomic mass is 75.9. The van der Waals surface area contributed by atoms with Gasteiger partial charge in [-0.3, -0.25) is 4.79 Å². The monoisotopic (exact) mass is 171 g/mol. The molecule has 42 valence electrons. The Labute approximate surface area is 54.6 Å². The first-order valence-electron chi connectivity index (χ1n) is 2.03. The van der Waals surface area contributed by atoms with Gasteiger partial charge >= 0.3 is 0 Å². The molecule has 8 heavy (non-hydrogen) atoms. The largest absolute Gasteiger partial charge is 0.447 e. The van der Waals surface area contributed by atoms with Crippen LogP contribution < -0.4 is 0 Å². The summed E-state index contributed by atoms with van der Waals surface area (Å²) >= 11 is 3.05. The third kappa shape index (κ3) is 0.980. The van der Waals surface area contributed by atoms with Crippen LogP contribution in [0.2, 0.25) is 0 Å². The summed E-state index contributed by atoms with van der Waals surface area (Å²) in [6.45, 7) is 0. The van der Waals surface area contributed by atoms with E-state index in [1.54, 1.807) is 12.1 Å². The predicted molar refractivity (Wildman–Crippen MR) is 31.8 cm³/mol. The zero-order chi connectivity index (χ0) is 5.98. The molecular formula is C5H3BrO2. The van der Waals surface area contributed by atoms with Crippen molar-refractivity contribution in [2.24, 2.45) is 0 Å². The molecule has 0 aliphatic rings. The molecule has 0 saturated heterocycles. The Kier molecular flexibility index (Phi) is 1.48. The molecule has 0 aliphatic carbocycles. The van der Waals surface area contributed by atoms with Crippen molar-refractivity contribution in [3.05, 3.63) is 22.6 Å². The summed E-state index contributed by atoms with van der Waals surface area (Å²) in [7, 11) is 0. The maximum Gasteiger partial charge on any atom is 0.185 e. The maximum atomic E-state index is 9.91. The summed E-state index contributed by atoms with van der Waals surface area (Å²) in [5.41, 5.74) is 0. The van der Waals surface area contributed by atoms with E-state index >= 15 is 0 Å². The first-order chi connectivity index (χ1) is 3.83. The van der Waals surface area contributed by atoms with Crippen molar-refractivity contribution in [2.45, 2.75) is 0 Å². The van der Waals surface area contributed by atoms with Crippen LogP contribution >= 0.6 is 15.9 Å². The van der Waals surface area contributed by atoms with Crippen LogP contribution in [0.1, 0.15) is 10.6 Å². The van der Waals surface area contributed by atoms with Crippen LogP contribution in [-0.4, -0.2) is 6.29 Å². The van der Waals surface area contributed by atoms with Crippen molar-refractivity contribution in [1.29, 1.82) is 0 Å². The number of aldehydes is 1. The van der Waals surface area contributed by atoms with Gasteiger partial charge in [-0.05, 0) is 28.1 Å². The Morgan fingerprint density at radius 3 is 2.62 bits per heavy atom. The molecule has 1 aromatic heterocycles. The molecule has 0 fully saturated rings. The summed E-state index contributed by atoms with van der Waals surface area (Å²) in [5.74, 6) is 0.344. The second-order valence-corrected chi connectivity index (χ2v) is 2.04. The summed E-state index contributed by atoms with van der Waals surface area (Å²) in [5, 5.41) is 0. The fourth-order valence-corrected chi connectivity index (χ4v) is 0.711. The standard InChI is InChI=1S/C5H3BrO2/c6-5-2-1-4(3-7)8-5/h1-3H/i6-4. The molecule has 0 aliphatic heterocycles. The molecular weight excluding hydrogens is 168 g/mol. The van der Waals surface area contributed by atoms with Gasteiger partial charge in [0.15, 0.2) is 16.7 Å². The van der Waals surface area contributed by atoms with Gasteiger partial charge in [0.2, 0.25) is 0 Å². The molecule has 0 saturated carbocycles. The van der Waals surface area contributed by atoms with Gasteiger partial charge in [0.1, 0.15) is 0 Å². The van der Waals surface area contributed by atoms with E-state index in [0.29, 0.717) is 16.7 Å². The average Bonchev–Trinajstić information content (AvgIpc) is 2.14. The molecule has 0 radical (unpaired) electrons. The van der Waals surface area contributed by atoms with Gasteiger partial charge in [-0.15, -0.1) is 0 Å². The average molecular weight is 171 g/mol. The number of carbonyl (C=O) groups excluding carboxylic acids is 1. The molecule has 0 unspecified atom stereocenters. The SMILES string of the molecule is O=Cc1ccc([76Br])o1. The number of furan rings is 1. The van der Waals surface area contributed by atoms with Gasteiger partial charge in [0.25, 0.3) is 0 Å². The molecule has 1 heterocycles. The first kappa shape index (κ1) is 5.56. The lowest BCUT2D eigenvalue weighted by Crippen LogP contribution is -1.65. The molecule has 0 bridgehead atoms. The van der Waals surface area contributed by atoms with Gasteiger partial charge in [0, 0.05) is 0 Å². The number of carbonyl (C=O) groups is 1. The van der Waals surface area contributed by atoms with E-state index in [4.69, 9.17) is 4.42 Å². The lowest BCUT2D eigenvalue weighted by molar-refractivity contribution is 0.109. The highest BCUT2D eigenvalue weighted by Gasteiger charge is 1.93. The van der Waals surface area contributed by atoms with Crippen molar-refractivity contribution in [3.63, 3.8) is 0 Å². The highest BCUT2D eigenvalue weighted by molar-refractivity contribution is 9.10. The van der Waals surface area contributed by atoms with Gasteiger partial charge < -0.3 is 4.42 Å². The van der Waals surface area contributed by atoms with Crippen LogP contribution in [0.3, 0.4) is 0 Å². The van der Waals surface area contributed by atoms with Gasteiger partial charge in [-0.25, -0.2) is 0 Å². The lowest BCUT2D eigenvalue weighted by atomic mass is 10.5. The second-order valence-electron chi connectivity index (χ2n) is 1.26. The molecule has 1 aromatic rings. The third-order valence-corrected chi connectivity index (χ3v) is 1.14. The van der Waals surface area contributed by atoms with Crippen LogP contribution in [0, 0.1) is 0 Å². The van der Waals surface area contributed by atoms with Gasteiger partial charge in [0.05, 0.1) is 0 Å². The fourth-order valence-electron chi connectivity index (χ4n) is 0.392. The number of hydrogen-bond donors (Lipinski definition) is 0. The summed E-state index contributed by atoms with van der Waals surface area (Å²) in [6, 6.07) is 3.26. The zero-order valence-corrected chi connectivity index (χ0v) is 5.51. The van der Waals surface area contributed by atoms with Crippen molar-refractivity contribution in [1.82, 2.24) is 0 Å². The number of hydrogen-bond acceptors (Lipinski definition) is 2. The van der Waals surface area contributed by atoms with Gasteiger partial charge in [-0.1, -0.05) is 0 Å². The van der Waals surface area contributed by atoms with Gasteiger partial charge in [-0.2, -0.15) is 0 Å². The Balaban J connectivity index is 3.00. The highest BCUT2D eigenvalue weighted by Crippen LogP contribution is 2.11. The summed E-state index contributed by atoms with van der Waals surface area (Å²) < 4.78 is 5.36. The minimum Gasteiger partial charge on any atom is -0.447 e. The lowest BCUT2D eigenvalue weighted by Gasteiger charge is -1.74. The van der Waals surface area contributed by atoms with E-state index in [1.807, 2.05) is 0 Å². The second kappa shape index (κ2) is 2.13. The summed E-state index contributed by atoms with van der Waals surface area (Å²) in [4.78, 5) is 9.91. The van der Waals surface area contributed by atoms with Crippen molar-refractivity contribution < 1.29 is 9.21 Å². The van der Waals surface area contributed by atoms with E-state index in [9.17, 15) is 4.79 Å². The van der Waals surface area contributed by atoms with Crippen LogP contribution in [0.15, 0.2) is 21.2 Å². The molecule has 0 amide bonds. The third-order valence-electron chi connectivity index (χ3n) is 0.710. The molecule has 0 aromatic carbocycles. The molecule has 1 rings (SSSR count). The van der Waals surface area contributed by atoms with Crippen LogP contribution in [0.4, 0.5) is 0 Å². The Morgan fingerprint density at radius 1 is 1.62 bits per heavy atom. The van der Waals surface area contributed by atoms with Crippen molar-refractivity contribution in [2.75, 3.05) is 0 Å². The zero-order valence-electron chi connectivity index (χ0n) is 3.93. The minimum absolute atomic E-state index is 0.344. The Hall–Kier alpha value is -0.570. The van der Waals surface area contributed by atoms with E-state index in [1.165, 1.54) is 0 Å². The minimum atomic E-state index is 0.344. The van der Waals surface area contributed by atoms with Crippen molar-refractivity contribution >= 4 is 22.2 Å². The summed E-state index contributed by atoms with van der Waals surface area (Å²) in [6.07, 6.45) is 0.657. The molecule has 0 spiro atoms. The Bertz CT molecular complexity index is 192. The molecule has 0 N–H and O–H groups in total. The topological polar surface area (TPSA) is 30.2 Å².